The topological polar surface area (TPSA) is 56.5 Å². The van der Waals surface area contributed by atoms with Crippen molar-refractivity contribution in [1.82, 2.24) is 5.32 Å². The minimum Gasteiger partial charge on any atom is -0.379 e. The average molecular weight is 214 g/mol. The first-order valence-electron chi connectivity index (χ1n) is 5.85. The number of hydrogen-bond donors (Lipinski definition) is 2. The van der Waals surface area contributed by atoms with E-state index in [2.05, 4.69) is 12.2 Å². The summed E-state index contributed by atoms with van der Waals surface area (Å²) in [6.07, 6.45) is 3.32. The number of nitrogens with one attached hydrogen (secondary N) is 1. The van der Waals surface area contributed by atoms with Gasteiger partial charge in [0.25, 0.3) is 0 Å². The Kier molecular flexibility index (Phi) is 3.30. The van der Waals surface area contributed by atoms with Crippen LogP contribution in [0.2, 0.25) is 0 Å². The van der Waals surface area contributed by atoms with Gasteiger partial charge in [0.05, 0.1) is 17.7 Å². The van der Waals surface area contributed by atoms with Gasteiger partial charge < -0.3 is 20.5 Å². The highest BCUT2D eigenvalue weighted by molar-refractivity contribution is 4.95. The first kappa shape index (κ1) is 11.3. The standard InChI is InChI=1S/C11H22N2O2/c1-10(3-2-5-15-10)8-13-11(7-12)4-6-14-9-11/h13H,2-9,12H2,1H3. The summed E-state index contributed by atoms with van der Waals surface area (Å²) in [7, 11) is 0. The zero-order chi connectivity index (χ0) is 10.8. The molecular formula is C11H22N2O2. The molecule has 2 aliphatic heterocycles. The lowest BCUT2D eigenvalue weighted by molar-refractivity contribution is 0.0136. The van der Waals surface area contributed by atoms with Crippen LogP contribution in [0, 0.1) is 0 Å². The fraction of sp³-hybridized carbons (Fsp3) is 1.00. The third-order valence-electron chi connectivity index (χ3n) is 3.63. The quantitative estimate of drug-likeness (QED) is 0.705. The number of rotatable bonds is 4. The van der Waals surface area contributed by atoms with Crippen LogP contribution in [-0.4, -0.2) is 44.1 Å². The summed E-state index contributed by atoms with van der Waals surface area (Å²) < 4.78 is 11.2. The van der Waals surface area contributed by atoms with Crippen molar-refractivity contribution in [1.29, 1.82) is 0 Å². The molecule has 2 atom stereocenters. The number of nitrogens with two attached hydrogens (primary N) is 1. The molecule has 0 bridgehead atoms. The Labute approximate surface area is 91.5 Å². The summed E-state index contributed by atoms with van der Waals surface area (Å²) in [5.74, 6) is 0. The minimum atomic E-state index is -0.00500. The second-order valence-corrected chi connectivity index (χ2v) is 5.04. The summed E-state index contributed by atoms with van der Waals surface area (Å²) in [6.45, 7) is 6.15. The molecule has 3 N–H and O–H groups in total. The molecule has 15 heavy (non-hydrogen) atoms. The van der Waals surface area contributed by atoms with Crippen molar-refractivity contribution >= 4 is 0 Å². The third-order valence-corrected chi connectivity index (χ3v) is 3.63. The van der Waals surface area contributed by atoms with Crippen molar-refractivity contribution in [3.05, 3.63) is 0 Å². The Morgan fingerprint density at radius 2 is 2.20 bits per heavy atom. The molecule has 2 rings (SSSR count). The number of hydrogen-bond acceptors (Lipinski definition) is 4. The van der Waals surface area contributed by atoms with E-state index in [1.807, 2.05) is 0 Å². The molecule has 0 aromatic carbocycles. The molecule has 0 aromatic rings. The smallest absolute Gasteiger partial charge is 0.0779 e. The molecule has 4 heteroatoms. The molecule has 0 amide bonds. The van der Waals surface area contributed by atoms with Crippen LogP contribution in [0.5, 0.6) is 0 Å². The van der Waals surface area contributed by atoms with Crippen LogP contribution in [0.1, 0.15) is 26.2 Å². The normalized spacial score (nSPS) is 41.2. The van der Waals surface area contributed by atoms with E-state index in [0.717, 1.165) is 39.2 Å². The van der Waals surface area contributed by atoms with E-state index in [0.29, 0.717) is 6.54 Å². The summed E-state index contributed by atoms with van der Waals surface area (Å²) in [5, 5.41) is 3.55. The van der Waals surface area contributed by atoms with Crippen LogP contribution in [-0.2, 0) is 9.47 Å². The van der Waals surface area contributed by atoms with Gasteiger partial charge in [-0.2, -0.15) is 0 Å². The van der Waals surface area contributed by atoms with E-state index in [-0.39, 0.29) is 11.1 Å². The zero-order valence-corrected chi connectivity index (χ0v) is 9.55. The van der Waals surface area contributed by atoms with Gasteiger partial charge in [0, 0.05) is 26.3 Å². The lowest BCUT2D eigenvalue weighted by atomic mass is 9.96. The molecule has 0 spiro atoms. The Hall–Kier alpha value is -0.160. The molecule has 0 saturated carbocycles. The van der Waals surface area contributed by atoms with Crippen molar-refractivity contribution in [2.45, 2.75) is 37.3 Å². The van der Waals surface area contributed by atoms with E-state index < -0.39 is 0 Å². The predicted octanol–water partition coefficient (Wildman–Crippen LogP) is 0.263. The van der Waals surface area contributed by atoms with Crippen LogP contribution in [0.25, 0.3) is 0 Å². The van der Waals surface area contributed by atoms with Crippen LogP contribution >= 0.6 is 0 Å². The average Bonchev–Trinajstić information content (AvgIpc) is 2.86. The maximum Gasteiger partial charge on any atom is 0.0779 e. The molecule has 0 radical (unpaired) electrons. The maximum atomic E-state index is 5.81. The second kappa shape index (κ2) is 4.37. The van der Waals surface area contributed by atoms with Crippen molar-refractivity contribution in [2.75, 3.05) is 32.9 Å². The highest BCUT2D eigenvalue weighted by atomic mass is 16.5. The second-order valence-electron chi connectivity index (χ2n) is 5.04. The molecule has 2 unspecified atom stereocenters. The zero-order valence-electron chi connectivity index (χ0n) is 9.55. The van der Waals surface area contributed by atoms with Gasteiger partial charge in [-0.1, -0.05) is 0 Å². The molecule has 2 saturated heterocycles. The maximum absolute atomic E-state index is 5.81. The summed E-state index contributed by atoms with van der Waals surface area (Å²) in [4.78, 5) is 0. The lowest BCUT2D eigenvalue weighted by Crippen LogP contribution is -2.56. The number of ether oxygens (including phenoxy) is 2. The Bertz CT molecular complexity index is 209. The molecule has 0 aromatic heterocycles. The van der Waals surface area contributed by atoms with E-state index in [1.54, 1.807) is 0 Å². The van der Waals surface area contributed by atoms with E-state index in [1.165, 1.54) is 6.42 Å². The molecule has 2 aliphatic rings. The van der Waals surface area contributed by atoms with Crippen molar-refractivity contribution in [3.63, 3.8) is 0 Å². The Balaban J connectivity index is 1.85. The van der Waals surface area contributed by atoms with Crippen molar-refractivity contribution in [2.24, 2.45) is 5.73 Å². The Morgan fingerprint density at radius 3 is 2.73 bits per heavy atom. The van der Waals surface area contributed by atoms with Crippen LogP contribution in [0.15, 0.2) is 0 Å². The van der Waals surface area contributed by atoms with Gasteiger partial charge in [-0.3, -0.25) is 0 Å². The lowest BCUT2D eigenvalue weighted by Gasteiger charge is -2.32. The predicted molar refractivity (Wildman–Crippen MR) is 58.8 cm³/mol. The summed E-state index contributed by atoms with van der Waals surface area (Å²) >= 11 is 0. The molecule has 2 heterocycles. The summed E-state index contributed by atoms with van der Waals surface area (Å²) in [6, 6.07) is 0. The van der Waals surface area contributed by atoms with Crippen molar-refractivity contribution in [3.8, 4) is 0 Å². The molecule has 0 aliphatic carbocycles. The van der Waals surface area contributed by atoms with Gasteiger partial charge in [-0.05, 0) is 26.2 Å². The van der Waals surface area contributed by atoms with Crippen LogP contribution in [0.3, 0.4) is 0 Å². The minimum absolute atomic E-state index is 0.00472. The van der Waals surface area contributed by atoms with Crippen LogP contribution in [0.4, 0.5) is 0 Å². The van der Waals surface area contributed by atoms with Gasteiger partial charge in [-0.15, -0.1) is 0 Å². The van der Waals surface area contributed by atoms with E-state index in [9.17, 15) is 0 Å². The van der Waals surface area contributed by atoms with Gasteiger partial charge in [0.15, 0.2) is 0 Å². The van der Waals surface area contributed by atoms with Crippen LogP contribution < -0.4 is 11.1 Å². The largest absolute Gasteiger partial charge is 0.379 e. The molecule has 88 valence electrons. The molecular weight excluding hydrogens is 192 g/mol. The first-order valence-corrected chi connectivity index (χ1v) is 5.85. The van der Waals surface area contributed by atoms with E-state index in [4.69, 9.17) is 15.2 Å². The van der Waals surface area contributed by atoms with E-state index >= 15 is 0 Å². The first-order chi connectivity index (χ1) is 7.18. The fourth-order valence-electron chi connectivity index (χ4n) is 2.33. The van der Waals surface area contributed by atoms with Gasteiger partial charge in [0.2, 0.25) is 0 Å². The van der Waals surface area contributed by atoms with Crippen molar-refractivity contribution < 1.29 is 9.47 Å². The van der Waals surface area contributed by atoms with Gasteiger partial charge in [-0.25, -0.2) is 0 Å². The Morgan fingerprint density at radius 1 is 1.33 bits per heavy atom. The highest BCUT2D eigenvalue weighted by Crippen LogP contribution is 2.26. The molecule has 4 nitrogen and oxygen atoms in total. The third kappa shape index (κ3) is 2.50. The fourth-order valence-corrected chi connectivity index (χ4v) is 2.33. The highest BCUT2D eigenvalue weighted by Gasteiger charge is 2.37. The van der Waals surface area contributed by atoms with Gasteiger partial charge in [0.1, 0.15) is 0 Å². The summed E-state index contributed by atoms with van der Waals surface area (Å²) in [5.41, 5.74) is 5.81. The monoisotopic (exact) mass is 214 g/mol. The van der Waals surface area contributed by atoms with Gasteiger partial charge >= 0.3 is 0 Å². The molecule has 2 fully saturated rings. The SMILES string of the molecule is CC1(CNC2(CN)CCOC2)CCCO1.